The number of rotatable bonds is 3. The molecule has 4 heteroatoms. The molecule has 1 unspecified atom stereocenters. The number of nitrogens with one attached hydrogen (secondary N) is 1. The zero-order chi connectivity index (χ0) is 13.3. The fourth-order valence-electron chi connectivity index (χ4n) is 2.84. The number of hydrogen-bond acceptors (Lipinski definition) is 4. The molecule has 19 heavy (non-hydrogen) atoms. The van der Waals surface area contributed by atoms with Gasteiger partial charge in [0.05, 0.1) is 0 Å². The molecule has 4 nitrogen and oxygen atoms in total. The third-order valence-corrected chi connectivity index (χ3v) is 4.07. The molecular formula is C15H19N3O. The molecule has 1 saturated carbocycles. The second-order valence-corrected chi connectivity index (χ2v) is 5.90. The molecule has 1 aromatic carbocycles. The van der Waals surface area contributed by atoms with Crippen LogP contribution in [0.1, 0.15) is 33.1 Å². The molecule has 100 valence electrons. The summed E-state index contributed by atoms with van der Waals surface area (Å²) >= 11 is 0. The monoisotopic (exact) mass is 257 g/mol. The van der Waals surface area contributed by atoms with Crippen molar-refractivity contribution < 1.29 is 4.42 Å². The first-order valence-corrected chi connectivity index (χ1v) is 6.78. The molecule has 0 amide bonds. The van der Waals surface area contributed by atoms with E-state index in [9.17, 15) is 0 Å². The number of hydrogen-bond donors (Lipinski definition) is 1. The van der Waals surface area contributed by atoms with Gasteiger partial charge in [-0.3, -0.25) is 0 Å². The van der Waals surface area contributed by atoms with Crippen molar-refractivity contribution in [2.75, 3.05) is 5.32 Å². The van der Waals surface area contributed by atoms with Crippen molar-refractivity contribution in [3.05, 3.63) is 30.7 Å². The van der Waals surface area contributed by atoms with E-state index >= 15 is 0 Å². The minimum absolute atomic E-state index is 0.362. The first-order chi connectivity index (χ1) is 9.15. The Kier molecular flexibility index (Phi) is 3.01. The molecule has 1 aromatic heterocycles. The lowest BCUT2D eigenvalue weighted by Crippen LogP contribution is -2.30. The first-order valence-electron chi connectivity index (χ1n) is 6.78. The Labute approximate surface area is 113 Å². The number of nitrogens with zero attached hydrogens (tertiary/aromatic N) is 2. The summed E-state index contributed by atoms with van der Waals surface area (Å²) in [6.45, 7) is 4.67. The maximum Gasteiger partial charge on any atom is 0.247 e. The maximum atomic E-state index is 5.24. The predicted molar refractivity (Wildman–Crippen MR) is 74.8 cm³/mol. The predicted octanol–water partition coefficient (Wildman–Crippen LogP) is 3.73. The molecule has 1 N–H and O–H groups in total. The van der Waals surface area contributed by atoms with Crippen molar-refractivity contribution in [2.45, 2.75) is 39.2 Å². The van der Waals surface area contributed by atoms with Crippen LogP contribution in [0.15, 0.2) is 35.1 Å². The lowest BCUT2D eigenvalue weighted by Gasteiger charge is -2.28. The Morgan fingerprint density at radius 3 is 2.95 bits per heavy atom. The van der Waals surface area contributed by atoms with Gasteiger partial charge in [0.25, 0.3) is 0 Å². The molecular weight excluding hydrogens is 238 g/mol. The van der Waals surface area contributed by atoms with Crippen LogP contribution in [0.2, 0.25) is 0 Å². The van der Waals surface area contributed by atoms with Gasteiger partial charge < -0.3 is 9.73 Å². The van der Waals surface area contributed by atoms with E-state index in [1.807, 2.05) is 12.1 Å². The van der Waals surface area contributed by atoms with Crippen molar-refractivity contribution in [3.8, 4) is 11.5 Å². The highest BCUT2D eigenvalue weighted by molar-refractivity contribution is 5.61. The van der Waals surface area contributed by atoms with Gasteiger partial charge in [-0.25, -0.2) is 0 Å². The van der Waals surface area contributed by atoms with Crippen molar-refractivity contribution in [1.82, 2.24) is 10.2 Å². The summed E-state index contributed by atoms with van der Waals surface area (Å²) in [6, 6.07) is 8.70. The van der Waals surface area contributed by atoms with E-state index in [4.69, 9.17) is 4.42 Å². The smallest absolute Gasteiger partial charge is 0.247 e. The summed E-state index contributed by atoms with van der Waals surface area (Å²) in [7, 11) is 0. The Balaban J connectivity index is 1.81. The molecule has 0 radical (unpaired) electrons. The Hall–Kier alpha value is -1.84. The lowest BCUT2D eigenvalue weighted by molar-refractivity contribution is 0.350. The third-order valence-electron chi connectivity index (χ3n) is 4.07. The summed E-state index contributed by atoms with van der Waals surface area (Å²) in [5, 5.41) is 11.3. The van der Waals surface area contributed by atoms with Crippen LogP contribution in [0.3, 0.4) is 0 Å². The lowest BCUT2D eigenvalue weighted by atomic mass is 9.87. The van der Waals surface area contributed by atoms with E-state index in [1.165, 1.54) is 25.7 Å². The van der Waals surface area contributed by atoms with E-state index in [0.717, 1.165) is 11.3 Å². The molecule has 0 aliphatic heterocycles. The molecule has 1 atom stereocenters. The number of anilines is 1. The van der Waals surface area contributed by atoms with E-state index in [-0.39, 0.29) is 0 Å². The van der Waals surface area contributed by atoms with E-state index in [0.29, 0.717) is 17.3 Å². The standard InChI is InChI=1S/C15H19N3O/c1-15(2)8-4-7-13(15)17-12-6-3-5-11(9-12)14-18-16-10-19-14/h3,5-6,9-10,13,17H,4,7-8H2,1-2H3. The van der Waals surface area contributed by atoms with Crippen molar-refractivity contribution >= 4 is 5.69 Å². The minimum atomic E-state index is 0.362. The van der Waals surface area contributed by atoms with Crippen LogP contribution in [0.25, 0.3) is 11.5 Å². The number of benzene rings is 1. The highest BCUT2D eigenvalue weighted by Crippen LogP contribution is 2.39. The summed E-state index contributed by atoms with van der Waals surface area (Å²) in [6.07, 6.45) is 5.18. The van der Waals surface area contributed by atoms with E-state index in [2.05, 4.69) is 41.5 Å². The van der Waals surface area contributed by atoms with Gasteiger partial charge in [-0.2, -0.15) is 0 Å². The van der Waals surface area contributed by atoms with E-state index < -0.39 is 0 Å². The highest BCUT2D eigenvalue weighted by Gasteiger charge is 2.34. The van der Waals surface area contributed by atoms with Gasteiger partial charge in [0.2, 0.25) is 12.3 Å². The molecule has 2 aromatic rings. The zero-order valence-electron chi connectivity index (χ0n) is 11.4. The quantitative estimate of drug-likeness (QED) is 0.910. The van der Waals surface area contributed by atoms with Crippen molar-refractivity contribution in [1.29, 1.82) is 0 Å². The van der Waals surface area contributed by atoms with Crippen LogP contribution in [-0.4, -0.2) is 16.2 Å². The number of aromatic nitrogens is 2. The van der Waals surface area contributed by atoms with Crippen LogP contribution in [-0.2, 0) is 0 Å². The van der Waals surface area contributed by atoms with Crippen LogP contribution in [0.4, 0.5) is 5.69 Å². The molecule has 3 rings (SSSR count). The van der Waals surface area contributed by atoms with Crippen LogP contribution >= 0.6 is 0 Å². The Morgan fingerprint density at radius 1 is 1.37 bits per heavy atom. The van der Waals surface area contributed by atoms with Crippen LogP contribution in [0, 0.1) is 5.41 Å². The van der Waals surface area contributed by atoms with Gasteiger partial charge in [0.15, 0.2) is 0 Å². The van der Waals surface area contributed by atoms with E-state index in [1.54, 1.807) is 0 Å². The molecule has 0 saturated heterocycles. The SMILES string of the molecule is CC1(C)CCCC1Nc1cccc(-c2nnco2)c1. The van der Waals surface area contributed by atoms with Crippen LogP contribution in [0.5, 0.6) is 0 Å². The average Bonchev–Trinajstić information content (AvgIpc) is 3.01. The molecule has 1 aliphatic rings. The van der Waals surface area contributed by atoms with Gasteiger partial charge >= 0.3 is 0 Å². The highest BCUT2D eigenvalue weighted by atomic mass is 16.4. The summed E-state index contributed by atoms with van der Waals surface area (Å²) < 4.78 is 5.24. The van der Waals surface area contributed by atoms with Gasteiger partial charge in [-0.1, -0.05) is 26.3 Å². The van der Waals surface area contributed by atoms with Crippen molar-refractivity contribution in [2.24, 2.45) is 5.41 Å². The fourth-order valence-corrected chi connectivity index (χ4v) is 2.84. The topological polar surface area (TPSA) is 51.0 Å². The summed E-state index contributed by atoms with van der Waals surface area (Å²) in [5.74, 6) is 0.564. The molecule has 0 bridgehead atoms. The van der Waals surface area contributed by atoms with Crippen LogP contribution < -0.4 is 5.32 Å². The minimum Gasteiger partial charge on any atom is -0.423 e. The average molecular weight is 257 g/mol. The zero-order valence-corrected chi connectivity index (χ0v) is 11.4. The second kappa shape index (κ2) is 4.68. The van der Waals surface area contributed by atoms with Gasteiger partial charge in [-0.05, 0) is 36.5 Å². The Bertz CT molecular complexity index is 548. The first kappa shape index (κ1) is 12.2. The normalized spacial score (nSPS) is 21.5. The van der Waals surface area contributed by atoms with Gasteiger partial charge in [0.1, 0.15) is 0 Å². The van der Waals surface area contributed by atoms with Gasteiger partial charge in [0, 0.05) is 17.3 Å². The fraction of sp³-hybridized carbons (Fsp3) is 0.467. The van der Waals surface area contributed by atoms with Gasteiger partial charge in [-0.15, -0.1) is 10.2 Å². The second-order valence-electron chi connectivity index (χ2n) is 5.90. The third kappa shape index (κ3) is 2.48. The summed E-state index contributed by atoms with van der Waals surface area (Å²) in [5.41, 5.74) is 2.44. The summed E-state index contributed by atoms with van der Waals surface area (Å²) in [4.78, 5) is 0. The molecule has 1 aliphatic carbocycles. The Morgan fingerprint density at radius 2 is 2.26 bits per heavy atom. The maximum absolute atomic E-state index is 5.24. The van der Waals surface area contributed by atoms with Crippen molar-refractivity contribution in [3.63, 3.8) is 0 Å². The largest absolute Gasteiger partial charge is 0.423 e. The molecule has 0 spiro atoms. The molecule has 1 fully saturated rings. The molecule has 1 heterocycles.